The van der Waals surface area contributed by atoms with Gasteiger partial charge in [-0.05, 0) is 62.4 Å². The molecule has 7 heteroatoms. The molecule has 2 saturated heterocycles. The molecule has 0 aliphatic carbocycles. The van der Waals surface area contributed by atoms with E-state index in [9.17, 15) is 5.11 Å². The lowest BCUT2D eigenvalue weighted by Gasteiger charge is -2.36. The molecule has 1 unspecified atom stereocenters. The number of rotatable bonds is 4. The molecule has 29 heavy (non-hydrogen) atoms. The van der Waals surface area contributed by atoms with Crippen LogP contribution in [0.2, 0.25) is 0 Å². The van der Waals surface area contributed by atoms with E-state index in [1.807, 2.05) is 37.4 Å². The minimum absolute atomic E-state index is 0.188. The molecule has 0 saturated carbocycles. The van der Waals surface area contributed by atoms with Crippen LogP contribution >= 0.6 is 0 Å². The quantitative estimate of drug-likeness (QED) is 0.634. The van der Waals surface area contributed by atoms with Crippen LogP contribution in [0.25, 0.3) is 22.4 Å². The third kappa shape index (κ3) is 3.35. The van der Waals surface area contributed by atoms with Gasteiger partial charge >= 0.3 is 0 Å². The van der Waals surface area contributed by atoms with Crippen LogP contribution in [0, 0.1) is 6.92 Å². The Kier molecular flexibility index (Phi) is 4.47. The smallest absolute Gasteiger partial charge is 0.151 e. The zero-order valence-electron chi connectivity index (χ0n) is 16.8. The number of piperidine rings is 1. The van der Waals surface area contributed by atoms with Crippen molar-refractivity contribution in [3.63, 3.8) is 0 Å². The Hall–Kier alpha value is -2.93. The maximum Gasteiger partial charge on any atom is 0.151 e. The van der Waals surface area contributed by atoms with Gasteiger partial charge in [0.05, 0.1) is 11.4 Å². The first kappa shape index (κ1) is 18.1. The highest BCUT2D eigenvalue weighted by atomic mass is 16.3. The van der Waals surface area contributed by atoms with Gasteiger partial charge in [-0.15, -0.1) is 10.2 Å². The van der Waals surface area contributed by atoms with Crippen LogP contribution in [0.15, 0.2) is 36.5 Å². The van der Waals surface area contributed by atoms with Crippen LogP contribution in [-0.4, -0.2) is 50.7 Å². The van der Waals surface area contributed by atoms with E-state index in [4.69, 9.17) is 0 Å². The van der Waals surface area contributed by atoms with Crippen molar-refractivity contribution in [2.24, 2.45) is 0 Å². The molecule has 2 aliphatic rings. The number of hydrogen-bond acceptors (Lipinski definition) is 6. The van der Waals surface area contributed by atoms with Crippen molar-refractivity contribution in [3.05, 3.63) is 42.2 Å². The molecule has 0 spiro atoms. The van der Waals surface area contributed by atoms with Crippen LogP contribution in [-0.2, 0) is 0 Å². The van der Waals surface area contributed by atoms with Gasteiger partial charge in [-0.2, -0.15) is 5.10 Å². The summed E-state index contributed by atoms with van der Waals surface area (Å²) in [6.07, 6.45) is 6.72. The highest BCUT2D eigenvalue weighted by molar-refractivity contribution is 5.75. The molecule has 0 amide bonds. The molecule has 2 aromatic heterocycles. The summed E-state index contributed by atoms with van der Waals surface area (Å²) in [4.78, 5) is 2.26. The second-order valence-corrected chi connectivity index (χ2v) is 8.27. The molecule has 3 atom stereocenters. The average Bonchev–Trinajstić information content (AvgIpc) is 3.32. The number of anilines is 1. The molecule has 3 N–H and O–H groups in total. The Bertz CT molecular complexity index is 1000. The first-order valence-corrected chi connectivity index (χ1v) is 10.2. The fourth-order valence-electron chi connectivity index (χ4n) is 4.75. The van der Waals surface area contributed by atoms with Crippen LogP contribution in [0.4, 0.5) is 5.82 Å². The van der Waals surface area contributed by atoms with Crippen LogP contribution in [0.5, 0.6) is 5.75 Å². The van der Waals surface area contributed by atoms with E-state index >= 15 is 0 Å². The van der Waals surface area contributed by atoms with E-state index < -0.39 is 0 Å². The fraction of sp³-hybridized carbons (Fsp3) is 0.409. The Balaban J connectivity index is 1.35. The highest BCUT2D eigenvalue weighted by Gasteiger charge is 2.35. The molecule has 1 aromatic carbocycles. The largest absolute Gasteiger partial charge is 0.507 e. The lowest BCUT2D eigenvalue weighted by Crippen LogP contribution is -2.47. The van der Waals surface area contributed by atoms with Gasteiger partial charge in [0.2, 0.25) is 0 Å². The molecular formula is C22H26N6O. The van der Waals surface area contributed by atoms with Gasteiger partial charge in [-0.25, -0.2) is 0 Å². The number of benzene rings is 1. The normalized spacial score (nSPS) is 23.3. The van der Waals surface area contributed by atoms with Crippen LogP contribution in [0.1, 0.15) is 31.4 Å². The number of nitrogens with one attached hydrogen (secondary N) is 2. The SMILES string of the molecule is Cc1n[nH]cc1-c1ccc(-c2ccc(N(C)[C@@H]3CC4CC[C@@H](C3)N4)nn2)c(O)c1. The summed E-state index contributed by atoms with van der Waals surface area (Å²) < 4.78 is 0. The Labute approximate surface area is 170 Å². The van der Waals surface area contributed by atoms with Crippen molar-refractivity contribution in [2.75, 3.05) is 11.9 Å². The molecule has 3 aromatic rings. The van der Waals surface area contributed by atoms with Crippen LogP contribution < -0.4 is 10.2 Å². The summed E-state index contributed by atoms with van der Waals surface area (Å²) in [5.41, 5.74) is 4.14. The molecule has 2 aliphatic heterocycles. The number of phenols is 1. The minimum atomic E-state index is 0.188. The number of H-pyrrole nitrogens is 1. The summed E-state index contributed by atoms with van der Waals surface area (Å²) in [7, 11) is 2.11. The number of nitrogens with zero attached hydrogens (tertiary/aromatic N) is 4. The summed E-state index contributed by atoms with van der Waals surface area (Å²) in [6.45, 7) is 1.94. The second kappa shape index (κ2) is 7.15. The number of phenolic OH excluding ortho intramolecular Hbond substituents is 1. The van der Waals surface area contributed by atoms with Gasteiger partial charge in [0, 0.05) is 42.5 Å². The summed E-state index contributed by atoms with van der Waals surface area (Å²) in [5, 5.41) is 30.1. The average molecular weight is 390 g/mol. The van der Waals surface area contributed by atoms with Gasteiger partial charge in [0.15, 0.2) is 5.82 Å². The molecule has 7 nitrogen and oxygen atoms in total. The fourth-order valence-corrected chi connectivity index (χ4v) is 4.75. The molecule has 5 rings (SSSR count). The number of hydrogen-bond donors (Lipinski definition) is 3. The minimum Gasteiger partial charge on any atom is -0.507 e. The lowest BCUT2D eigenvalue weighted by atomic mass is 9.98. The predicted molar refractivity (Wildman–Crippen MR) is 113 cm³/mol. The van der Waals surface area contributed by atoms with Crippen molar-refractivity contribution in [1.82, 2.24) is 25.7 Å². The summed E-state index contributed by atoms with van der Waals surface area (Å²) >= 11 is 0. The third-order valence-corrected chi connectivity index (χ3v) is 6.42. The first-order chi connectivity index (χ1) is 14.1. The van der Waals surface area contributed by atoms with Gasteiger partial charge in [0.1, 0.15) is 5.75 Å². The van der Waals surface area contributed by atoms with Crippen molar-refractivity contribution >= 4 is 5.82 Å². The number of aromatic amines is 1. The standard InChI is InChI=1S/C22H26N6O/c1-13-19(12-23-25-13)14-3-6-18(21(29)9-14)20-7-8-22(27-26-20)28(2)17-10-15-4-5-16(11-17)24-15/h3,6-9,12,15-17,24,29H,4-5,10-11H2,1-2H3,(H,23,25)/t15-,16?,17-/m0/s1. The summed E-state index contributed by atoms with van der Waals surface area (Å²) in [5.74, 6) is 1.07. The Morgan fingerprint density at radius 1 is 1.03 bits per heavy atom. The lowest BCUT2D eigenvalue weighted by molar-refractivity contribution is 0.353. The highest BCUT2D eigenvalue weighted by Crippen LogP contribution is 2.34. The maximum absolute atomic E-state index is 10.6. The van der Waals surface area contributed by atoms with E-state index in [2.05, 4.69) is 37.7 Å². The molecular weight excluding hydrogens is 364 g/mol. The zero-order chi connectivity index (χ0) is 20.0. The number of aryl methyl sites for hydroxylation is 1. The molecule has 4 heterocycles. The van der Waals surface area contributed by atoms with Gasteiger partial charge in [-0.3, -0.25) is 5.10 Å². The maximum atomic E-state index is 10.6. The van der Waals surface area contributed by atoms with Crippen molar-refractivity contribution in [2.45, 2.75) is 50.7 Å². The van der Waals surface area contributed by atoms with Gasteiger partial charge in [-0.1, -0.05) is 6.07 Å². The molecule has 2 fully saturated rings. The Morgan fingerprint density at radius 3 is 2.45 bits per heavy atom. The van der Waals surface area contributed by atoms with E-state index in [1.54, 1.807) is 6.07 Å². The van der Waals surface area contributed by atoms with E-state index in [0.29, 0.717) is 29.4 Å². The summed E-state index contributed by atoms with van der Waals surface area (Å²) in [6, 6.07) is 11.3. The van der Waals surface area contributed by atoms with Crippen molar-refractivity contribution in [3.8, 4) is 28.1 Å². The van der Waals surface area contributed by atoms with Crippen molar-refractivity contribution < 1.29 is 5.11 Å². The number of fused-ring (bicyclic) bond motifs is 2. The zero-order valence-corrected chi connectivity index (χ0v) is 16.8. The molecule has 0 radical (unpaired) electrons. The van der Waals surface area contributed by atoms with E-state index in [1.165, 1.54) is 12.8 Å². The topological polar surface area (TPSA) is 90.0 Å². The third-order valence-electron chi connectivity index (χ3n) is 6.42. The van der Waals surface area contributed by atoms with E-state index in [0.717, 1.165) is 35.5 Å². The number of aromatic nitrogens is 4. The molecule has 2 bridgehead atoms. The second-order valence-electron chi connectivity index (χ2n) is 8.27. The van der Waals surface area contributed by atoms with Crippen LogP contribution in [0.3, 0.4) is 0 Å². The monoisotopic (exact) mass is 390 g/mol. The molecule has 150 valence electrons. The Morgan fingerprint density at radius 2 is 1.83 bits per heavy atom. The number of aromatic hydroxyl groups is 1. The first-order valence-electron chi connectivity index (χ1n) is 10.2. The van der Waals surface area contributed by atoms with E-state index in [-0.39, 0.29) is 5.75 Å². The predicted octanol–water partition coefficient (Wildman–Crippen LogP) is 3.27. The van der Waals surface area contributed by atoms with Crippen molar-refractivity contribution in [1.29, 1.82) is 0 Å². The van der Waals surface area contributed by atoms with Gasteiger partial charge in [0.25, 0.3) is 0 Å². The van der Waals surface area contributed by atoms with Gasteiger partial charge < -0.3 is 15.3 Å².